The van der Waals surface area contributed by atoms with Crippen molar-refractivity contribution in [3.05, 3.63) is 29.8 Å². The second-order valence-corrected chi connectivity index (χ2v) is 6.30. The Kier molecular flexibility index (Phi) is 4.54. The molecular formula is C12H20N2O2S. The van der Waals surface area contributed by atoms with E-state index in [1.54, 1.807) is 31.3 Å². The van der Waals surface area contributed by atoms with Crippen molar-refractivity contribution >= 4 is 15.7 Å². The molecule has 5 heteroatoms. The summed E-state index contributed by atoms with van der Waals surface area (Å²) in [6.45, 7) is 3.87. The minimum absolute atomic E-state index is 0.00111. The highest BCUT2D eigenvalue weighted by atomic mass is 32.2. The van der Waals surface area contributed by atoms with Crippen LogP contribution in [-0.2, 0) is 15.8 Å². The molecule has 0 bridgehead atoms. The quantitative estimate of drug-likeness (QED) is 0.817. The first-order valence-electron chi connectivity index (χ1n) is 5.67. The molecular weight excluding hydrogens is 236 g/mol. The van der Waals surface area contributed by atoms with E-state index in [0.717, 1.165) is 12.0 Å². The summed E-state index contributed by atoms with van der Waals surface area (Å²) in [7, 11) is -1.64. The minimum atomic E-state index is -3.26. The fourth-order valence-electron chi connectivity index (χ4n) is 1.53. The lowest BCUT2D eigenvalue weighted by molar-refractivity contribution is 0.380. The molecule has 0 radical (unpaired) electrons. The third kappa shape index (κ3) is 3.71. The van der Waals surface area contributed by atoms with Gasteiger partial charge in [-0.05, 0) is 31.0 Å². The fraction of sp³-hybridized carbons (Fsp3) is 0.500. The SMILES string of the molecule is CCC(C)N(C)S(=O)(=O)Cc1cccc(N)c1. The van der Waals surface area contributed by atoms with Gasteiger partial charge in [-0.25, -0.2) is 12.7 Å². The van der Waals surface area contributed by atoms with E-state index in [4.69, 9.17) is 5.73 Å². The van der Waals surface area contributed by atoms with Gasteiger partial charge in [0.05, 0.1) is 5.75 Å². The first-order valence-corrected chi connectivity index (χ1v) is 7.28. The van der Waals surface area contributed by atoms with Crippen molar-refractivity contribution in [2.45, 2.75) is 32.1 Å². The average molecular weight is 256 g/mol. The number of hydrogen-bond acceptors (Lipinski definition) is 3. The maximum atomic E-state index is 12.1. The van der Waals surface area contributed by atoms with Crippen LogP contribution in [0.4, 0.5) is 5.69 Å². The molecule has 2 N–H and O–H groups in total. The number of anilines is 1. The first-order chi connectivity index (χ1) is 7.86. The van der Waals surface area contributed by atoms with Gasteiger partial charge in [0.15, 0.2) is 0 Å². The molecule has 1 aromatic carbocycles. The number of rotatable bonds is 5. The normalized spacial score (nSPS) is 13.9. The van der Waals surface area contributed by atoms with Crippen LogP contribution in [0.1, 0.15) is 25.8 Å². The number of sulfonamides is 1. The molecule has 0 saturated heterocycles. The fourth-order valence-corrected chi connectivity index (χ4v) is 3.03. The van der Waals surface area contributed by atoms with Gasteiger partial charge in [0.1, 0.15) is 0 Å². The van der Waals surface area contributed by atoms with Crippen molar-refractivity contribution in [2.24, 2.45) is 0 Å². The molecule has 0 heterocycles. The minimum Gasteiger partial charge on any atom is -0.399 e. The van der Waals surface area contributed by atoms with E-state index in [1.165, 1.54) is 4.31 Å². The van der Waals surface area contributed by atoms with Gasteiger partial charge in [0.2, 0.25) is 10.0 Å². The molecule has 0 amide bonds. The first kappa shape index (κ1) is 14.0. The molecule has 0 aliphatic carbocycles. The molecule has 0 aliphatic rings. The van der Waals surface area contributed by atoms with E-state index in [0.29, 0.717) is 5.69 Å². The van der Waals surface area contributed by atoms with Gasteiger partial charge >= 0.3 is 0 Å². The Morgan fingerprint density at radius 3 is 2.59 bits per heavy atom. The summed E-state index contributed by atoms with van der Waals surface area (Å²) >= 11 is 0. The van der Waals surface area contributed by atoms with Crippen LogP contribution in [0.5, 0.6) is 0 Å². The van der Waals surface area contributed by atoms with E-state index in [2.05, 4.69) is 0 Å². The van der Waals surface area contributed by atoms with E-state index in [1.807, 2.05) is 13.8 Å². The maximum absolute atomic E-state index is 12.1. The summed E-state index contributed by atoms with van der Waals surface area (Å²) in [6, 6.07) is 7.00. The lowest BCUT2D eigenvalue weighted by Crippen LogP contribution is -2.35. The van der Waals surface area contributed by atoms with Gasteiger partial charge in [-0.1, -0.05) is 19.1 Å². The molecule has 0 aromatic heterocycles. The number of benzene rings is 1. The number of nitrogen functional groups attached to an aromatic ring is 1. The second kappa shape index (κ2) is 5.51. The third-order valence-electron chi connectivity index (χ3n) is 2.95. The summed E-state index contributed by atoms with van der Waals surface area (Å²) in [6.07, 6.45) is 0.798. The zero-order valence-electron chi connectivity index (χ0n) is 10.6. The van der Waals surface area contributed by atoms with Crippen molar-refractivity contribution in [3.8, 4) is 0 Å². The second-order valence-electron chi connectivity index (χ2n) is 4.27. The standard InChI is InChI=1S/C12H20N2O2S/c1-4-10(2)14(3)17(15,16)9-11-6-5-7-12(13)8-11/h5-8,10H,4,9,13H2,1-3H3. The van der Waals surface area contributed by atoms with Crippen LogP contribution >= 0.6 is 0 Å². The highest BCUT2D eigenvalue weighted by Gasteiger charge is 2.22. The zero-order valence-corrected chi connectivity index (χ0v) is 11.4. The number of nitrogens with two attached hydrogens (primary N) is 1. The van der Waals surface area contributed by atoms with Gasteiger partial charge in [-0.2, -0.15) is 0 Å². The van der Waals surface area contributed by atoms with Gasteiger partial charge in [0, 0.05) is 18.8 Å². The predicted octanol–water partition coefficient (Wildman–Crippen LogP) is 1.83. The highest BCUT2D eigenvalue weighted by Crippen LogP contribution is 2.15. The van der Waals surface area contributed by atoms with Gasteiger partial charge in [0.25, 0.3) is 0 Å². The van der Waals surface area contributed by atoms with Crippen molar-refractivity contribution in [3.63, 3.8) is 0 Å². The number of hydrogen-bond donors (Lipinski definition) is 1. The summed E-state index contributed by atoms with van der Waals surface area (Å²) in [5, 5.41) is 0. The molecule has 17 heavy (non-hydrogen) atoms. The van der Waals surface area contributed by atoms with Crippen LogP contribution in [-0.4, -0.2) is 25.8 Å². The van der Waals surface area contributed by atoms with Crippen LogP contribution < -0.4 is 5.73 Å². The Hall–Kier alpha value is -1.07. The molecule has 0 spiro atoms. The molecule has 1 rings (SSSR count). The molecule has 1 unspecified atom stereocenters. The van der Waals surface area contributed by atoms with Gasteiger partial charge in [-0.15, -0.1) is 0 Å². The van der Waals surface area contributed by atoms with Crippen molar-refractivity contribution in [1.29, 1.82) is 0 Å². The van der Waals surface area contributed by atoms with Crippen molar-refractivity contribution in [1.82, 2.24) is 4.31 Å². The molecule has 0 fully saturated rings. The van der Waals surface area contributed by atoms with E-state index >= 15 is 0 Å². The molecule has 4 nitrogen and oxygen atoms in total. The summed E-state index contributed by atoms with van der Waals surface area (Å²) in [4.78, 5) is 0. The van der Waals surface area contributed by atoms with Crippen LogP contribution in [0.3, 0.4) is 0 Å². The van der Waals surface area contributed by atoms with Crippen molar-refractivity contribution < 1.29 is 8.42 Å². The van der Waals surface area contributed by atoms with Crippen LogP contribution in [0.25, 0.3) is 0 Å². The molecule has 96 valence electrons. The summed E-state index contributed by atoms with van der Waals surface area (Å²) < 4.78 is 25.6. The van der Waals surface area contributed by atoms with Gasteiger partial charge < -0.3 is 5.73 Å². The Morgan fingerprint density at radius 1 is 1.41 bits per heavy atom. The summed E-state index contributed by atoms with van der Waals surface area (Å²) in [5.74, 6) is -0.00111. The van der Waals surface area contributed by atoms with Crippen LogP contribution in [0.15, 0.2) is 24.3 Å². The monoisotopic (exact) mass is 256 g/mol. The van der Waals surface area contributed by atoms with Crippen molar-refractivity contribution in [2.75, 3.05) is 12.8 Å². The van der Waals surface area contributed by atoms with Crippen LogP contribution in [0, 0.1) is 0 Å². The Morgan fingerprint density at radius 2 is 2.06 bits per heavy atom. The Balaban J connectivity index is 2.87. The van der Waals surface area contributed by atoms with E-state index < -0.39 is 10.0 Å². The molecule has 0 saturated carbocycles. The maximum Gasteiger partial charge on any atom is 0.218 e. The topological polar surface area (TPSA) is 63.4 Å². The Labute approximate surface area is 103 Å². The number of nitrogens with zero attached hydrogens (tertiary/aromatic N) is 1. The Bertz CT molecular complexity index is 471. The molecule has 1 aromatic rings. The highest BCUT2D eigenvalue weighted by molar-refractivity contribution is 7.88. The lowest BCUT2D eigenvalue weighted by Gasteiger charge is -2.23. The predicted molar refractivity (Wildman–Crippen MR) is 71.0 cm³/mol. The van der Waals surface area contributed by atoms with Gasteiger partial charge in [-0.3, -0.25) is 0 Å². The van der Waals surface area contributed by atoms with Crippen LogP contribution in [0.2, 0.25) is 0 Å². The van der Waals surface area contributed by atoms with E-state index in [9.17, 15) is 8.42 Å². The molecule has 1 atom stereocenters. The average Bonchev–Trinajstić information content (AvgIpc) is 2.26. The lowest BCUT2D eigenvalue weighted by atomic mass is 10.2. The smallest absolute Gasteiger partial charge is 0.218 e. The molecule has 0 aliphatic heterocycles. The summed E-state index contributed by atoms with van der Waals surface area (Å²) in [5.41, 5.74) is 6.94. The zero-order chi connectivity index (χ0) is 13.1. The third-order valence-corrected chi connectivity index (χ3v) is 4.89. The van der Waals surface area contributed by atoms with E-state index in [-0.39, 0.29) is 11.8 Å². The largest absolute Gasteiger partial charge is 0.399 e.